The van der Waals surface area contributed by atoms with E-state index in [1.165, 1.54) is 0 Å². The van der Waals surface area contributed by atoms with Gasteiger partial charge < -0.3 is 10.2 Å². The van der Waals surface area contributed by atoms with E-state index in [0.717, 1.165) is 45.6 Å². The maximum absolute atomic E-state index is 12.1. The Kier molecular flexibility index (Phi) is 3.78. The highest BCUT2D eigenvalue weighted by atomic mass is 16.2. The number of hydrogen-bond acceptors (Lipinski definition) is 4. The van der Waals surface area contributed by atoms with E-state index in [1.807, 2.05) is 12.1 Å². The Hall–Kier alpha value is -0.650. The van der Waals surface area contributed by atoms with Crippen LogP contribution >= 0.6 is 0 Å². The van der Waals surface area contributed by atoms with Crippen LogP contribution in [0.5, 0.6) is 0 Å². The van der Waals surface area contributed by atoms with Gasteiger partial charge in [0.25, 0.3) is 5.91 Å². The second kappa shape index (κ2) is 5.12. The number of piperidine rings is 1. The normalized spacial score (nSPS) is 29.8. The van der Waals surface area contributed by atoms with Crippen molar-refractivity contribution in [1.82, 2.24) is 20.2 Å². The predicted molar refractivity (Wildman–Crippen MR) is 62.9 cm³/mol. The van der Waals surface area contributed by atoms with E-state index in [4.69, 9.17) is 0 Å². The molecular formula is C11H22N4O. The number of carbonyl (C=O) groups excluding carboxylic acids is 1. The number of rotatable bonds is 2. The molecule has 5 nitrogen and oxygen atoms in total. The minimum atomic E-state index is 0.0217. The van der Waals surface area contributed by atoms with Crippen LogP contribution in [0.4, 0.5) is 0 Å². The highest BCUT2D eigenvalue weighted by Gasteiger charge is 2.32. The van der Waals surface area contributed by atoms with E-state index in [2.05, 4.69) is 22.3 Å². The maximum Gasteiger partial charge on any atom is 0.253 e. The van der Waals surface area contributed by atoms with Gasteiger partial charge in [-0.25, -0.2) is 5.01 Å². The van der Waals surface area contributed by atoms with E-state index in [9.17, 15) is 4.79 Å². The van der Waals surface area contributed by atoms with Crippen LogP contribution in [0.3, 0.4) is 0 Å². The minimum Gasteiger partial charge on any atom is -0.309 e. The summed E-state index contributed by atoms with van der Waals surface area (Å²) >= 11 is 0. The van der Waals surface area contributed by atoms with Gasteiger partial charge in [-0.3, -0.25) is 9.80 Å². The zero-order valence-electron chi connectivity index (χ0n) is 10.3. The second-order valence-electron chi connectivity index (χ2n) is 4.70. The molecule has 0 saturated carbocycles. The summed E-state index contributed by atoms with van der Waals surface area (Å²) in [6.45, 7) is 4.93. The molecule has 0 aliphatic carbocycles. The van der Waals surface area contributed by atoms with Crippen molar-refractivity contribution in [3.63, 3.8) is 0 Å². The molecule has 2 rings (SSSR count). The van der Waals surface area contributed by atoms with Crippen LogP contribution in [0, 0.1) is 0 Å². The zero-order valence-corrected chi connectivity index (χ0v) is 10.3. The fraction of sp³-hybridized carbons (Fsp3) is 0.909. The van der Waals surface area contributed by atoms with Gasteiger partial charge >= 0.3 is 0 Å². The molecule has 0 radical (unpaired) electrons. The Balaban J connectivity index is 1.95. The Morgan fingerprint density at radius 3 is 2.50 bits per heavy atom. The number of piperazine rings is 1. The molecule has 92 valence electrons. The van der Waals surface area contributed by atoms with Crippen molar-refractivity contribution in [3.8, 4) is 0 Å². The van der Waals surface area contributed by atoms with Crippen LogP contribution < -0.4 is 5.32 Å². The van der Waals surface area contributed by atoms with Gasteiger partial charge in [-0.2, -0.15) is 0 Å². The van der Waals surface area contributed by atoms with Gasteiger partial charge in [0.1, 0.15) is 0 Å². The quantitative estimate of drug-likeness (QED) is 0.680. The van der Waals surface area contributed by atoms with Crippen LogP contribution in [0.25, 0.3) is 0 Å². The van der Waals surface area contributed by atoms with Crippen molar-refractivity contribution in [2.24, 2.45) is 0 Å². The number of carbonyl (C=O) groups is 1. The maximum atomic E-state index is 12.1. The summed E-state index contributed by atoms with van der Waals surface area (Å²) in [5.74, 6) is 0.248. The molecule has 0 spiro atoms. The SMILES string of the molecule is CNC1CCCN(N2CCN(C)CC2)C1=O. The summed E-state index contributed by atoms with van der Waals surface area (Å²) < 4.78 is 0. The van der Waals surface area contributed by atoms with Crippen molar-refractivity contribution in [2.75, 3.05) is 46.8 Å². The summed E-state index contributed by atoms with van der Waals surface area (Å²) in [6.07, 6.45) is 2.07. The molecule has 1 atom stereocenters. The van der Waals surface area contributed by atoms with Crippen LogP contribution in [-0.4, -0.2) is 73.7 Å². The molecule has 16 heavy (non-hydrogen) atoms. The standard InChI is InChI=1S/C11H22N4O/c1-12-10-4-3-5-15(11(10)16)14-8-6-13(2)7-9-14/h10,12H,3-9H2,1-2H3. The summed E-state index contributed by atoms with van der Waals surface area (Å²) in [6, 6.07) is 0.0217. The van der Waals surface area contributed by atoms with Crippen molar-refractivity contribution in [3.05, 3.63) is 0 Å². The summed E-state index contributed by atoms with van der Waals surface area (Å²) in [5, 5.41) is 7.27. The summed E-state index contributed by atoms with van der Waals surface area (Å²) in [4.78, 5) is 14.5. The Morgan fingerprint density at radius 1 is 1.19 bits per heavy atom. The number of hydrogen-bond donors (Lipinski definition) is 1. The highest BCUT2D eigenvalue weighted by Crippen LogP contribution is 2.15. The number of hydrazine groups is 1. The molecule has 0 aromatic rings. The van der Waals surface area contributed by atoms with Crippen LogP contribution in [0.15, 0.2) is 0 Å². The first kappa shape index (κ1) is 11.8. The molecule has 2 fully saturated rings. The van der Waals surface area contributed by atoms with Gasteiger partial charge in [0.05, 0.1) is 6.04 Å². The van der Waals surface area contributed by atoms with Gasteiger partial charge in [0.15, 0.2) is 0 Å². The molecule has 5 heteroatoms. The average Bonchev–Trinajstić information content (AvgIpc) is 2.31. The van der Waals surface area contributed by atoms with Crippen LogP contribution in [0.1, 0.15) is 12.8 Å². The van der Waals surface area contributed by atoms with Crippen molar-refractivity contribution >= 4 is 5.91 Å². The lowest BCUT2D eigenvalue weighted by molar-refractivity contribution is -0.158. The molecule has 2 aliphatic rings. The molecule has 1 N–H and O–H groups in total. The van der Waals surface area contributed by atoms with E-state index in [-0.39, 0.29) is 11.9 Å². The number of likely N-dealkylation sites (N-methyl/N-ethyl adjacent to an activating group) is 2. The van der Waals surface area contributed by atoms with Gasteiger partial charge in [0, 0.05) is 32.7 Å². The molecule has 0 bridgehead atoms. The molecule has 1 amide bonds. The molecule has 2 heterocycles. The Morgan fingerprint density at radius 2 is 1.88 bits per heavy atom. The van der Waals surface area contributed by atoms with Gasteiger partial charge in [-0.05, 0) is 26.9 Å². The minimum absolute atomic E-state index is 0.0217. The molecular weight excluding hydrogens is 204 g/mol. The van der Waals surface area contributed by atoms with E-state index < -0.39 is 0 Å². The second-order valence-corrected chi connectivity index (χ2v) is 4.70. The first-order valence-corrected chi connectivity index (χ1v) is 6.14. The lowest BCUT2D eigenvalue weighted by atomic mass is 10.1. The molecule has 0 aromatic carbocycles. The summed E-state index contributed by atoms with van der Waals surface area (Å²) in [7, 11) is 4.00. The van der Waals surface area contributed by atoms with Crippen LogP contribution in [0.2, 0.25) is 0 Å². The third-order valence-corrected chi connectivity index (χ3v) is 3.58. The zero-order chi connectivity index (χ0) is 11.5. The Bertz CT molecular complexity index is 250. The van der Waals surface area contributed by atoms with Gasteiger partial charge in [-0.1, -0.05) is 0 Å². The predicted octanol–water partition coefficient (Wildman–Crippen LogP) is -0.641. The summed E-state index contributed by atoms with van der Waals surface area (Å²) in [5.41, 5.74) is 0. The number of nitrogens with zero attached hydrogens (tertiary/aromatic N) is 3. The van der Waals surface area contributed by atoms with Crippen molar-refractivity contribution < 1.29 is 4.79 Å². The Labute approximate surface area is 97.3 Å². The lowest BCUT2D eigenvalue weighted by Gasteiger charge is -2.43. The van der Waals surface area contributed by atoms with E-state index in [0.29, 0.717) is 0 Å². The van der Waals surface area contributed by atoms with Gasteiger partial charge in [-0.15, -0.1) is 0 Å². The smallest absolute Gasteiger partial charge is 0.253 e. The highest BCUT2D eigenvalue weighted by molar-refractivity contribution is 5.82. The van der Waals surface area contributed by atoms with E-state index >= 15 is 0 Å². The fourth-order valence-corrected chi connectivity index (χ4v) is 2.44. The third-order valence-electron chi connectivity index (χ3n) is 3.58. The molecule has 0 aromatic heterocycles. The molecule has 2 saturated heterocycles. The topological polar surface area (TPSA) is 38.8 Å². The van der Waals surface area contributed by atoms with E-state index in [1.54, 1.807) is 0 Å². The largest absolute Gasteiger partial charge is 0.309 e. The first-order valence-electron chi connectivity index (χ1n) is 6.14. The van der Waals surface area contributed by atoms with Crippen molar-refractivity contribution in [2.45, 2.75) is 18.9 Å². The lowest BCUT2D eigenvalue weighted by Crippen LogP contribution is -2.60. The molecule has 2 aliphatic heterocycles. The first-order chi connectivity index (χ1) is 7.72. The van der Waals surface area contributed by atoms with Gasteiger partial charge in [0.2, 0.25) is 0 Å². The number of amides is 1. The average molecular weight is 226 g/mol. The molecule has 1 unspecified atom stereocenters. The monoisotopic (exact) mass is 226 g/mol. The third kappa shape index (κ3) is 2.36. The fourth-order valence-electron chi connectivity index (χ4n) is 2.44. The number of nitrogens with one attached hydrogen (secondary N) is 1. The van der Waals surface area contributed by atoms with Crippen molar-refractivity contribution in [1.29, 1.82) is 0 Å². The van der Waals surface area contributed by atoms with Crippen LogP contribution in [-0.2, 0) is 4.79 Å².